The van der Waals surface area contributed by atoms with Crippen LogP contribution in [0.3, 0.4) is 0 Å². The zero-order valence-electron chi connectivity index (χ0n) is 17.2. The molecule has 4 heterocycles. The van der Waals surface area contributed by atoms with Crippen LogP contribution in [0.1, 0.15) is 61.7 Å². The number of aliphatic hydroxyl groups excluding tert-OH is 2. The van der Waals surface area contributed by atoms with Crippen LogP contribution in [-0.4, -0.2) is 45.9 Å². The number of hydrogen-bond donors (Lipinski definition) is 3. The summed E-state index contributed by atoms with van der Waals surface area (Å²) in [5, 5.41) is 27.7. The van der Waals surface area contributed by atoms with Gasteiger partial charge < -0.3 is 20.3 Å². The summed E-state index contributed by atoms with van der Waals surface area (Å²) in [6.45, 7) is 6.57. The summed E-state index contributed by atoms with van der Waals surface area (Å²) in [4.78, 5) is 1.28. The molecule has 0 bridgehead atoms. The van der Waals surface area contributed by atoms with Crippen LogP contribution in [0.4, 0.5) is 0 Å². The van der Waals surface area contributed by atoms with Crippen molar-refractivity contribution < 1.29 is 14.9 Å². The second kappa shape index (κ2) is 7.94. The molecular weight excluding hydrogens is 410 g/mol. The first-order valence-electron chi connectivity index (χ1n) is 10.2. The van der Waals surface area contributed by atoms with E-state index < -0.39 is 5.41 Å². The highest BCUT2D eigenvalue weighted by Gasteiger charge is 2.46. The molecule has 0 aliphatic carbocycles. The van der Waals surface area contributed by atoms with E-state index in [-0.39, 0.29) is 30.9 Å². The number of nitrogens with zero attached hydrogens (tertiary/aromatic N) is 2. The van der Waals surface area contributed by atoms with E-state index in [1.165, 1.54) is 10.4 Å². The van der Waals surface area contributed by atoms with E-state index in [1.54, 1.807) is 11.3 Å². The van der Waals surface area contributed by atoms with Gasteiger partial charge in [-0.2, -0.15) is 5.10 Å². The van der Waals surface area contributed by atoms with Crippen molar-refractivity contribution in [2.24, 2.45) is 5.41 Å². The number of nitrogens with one attached hydrogen (secondary N) is 1. The fourth-order valence-corrected chi connectivity index (χ4v) is 6.12. The third kappa shape index (κ3) is 3.77. The predicted octanol–water partition coefficient (Wildman–Crippen LogP) is 3.43. The van der Waals surface area contributed by atoms with Gasteiger partial charge in [0.05, 0.1) is 36.4 Å². The number of ether oxygens (including phenoxy) is 1. The molecule has 1 fully saturated rings. The zero-order valence-corrected chi connectivity index (χ0v) is 18.8. The zero-order chi connectivity index (χ0) is 20.8. The molecule has 6 nitrogen and oxygen atoms in total. The molecule has 0 saturated carbocycles. The summed E-state index contributed by atoms with van der Waals surface area (Å²) in [5.41, 5.74) is 1.48. The minimum Gasteiger partial charge on any atom is -0.396 e. The van der Waals surface area contributed by atoms with Gasteiger partial charge in [0, 0.05) is 40.6 Å². The molecule has 2 aliphatic heterocycles. The Morgan fingerprint density at radius 3 is 2.93 bits per heavy atom. The summed E-state index contributed by atoms with van der Waals surface area (Å²) in [5.74, 6) is 0. The van der Waals surface area contributed by atoms with Crippen LogP contribution < -0.4 is 5.32 Å². The number of fused-ring (bicyclic) bond motifs is 2. The van der Waals surface area contributed by atoms with Crippen LogP contribution in [0.5, 0.6) is 0 Å². The number of rotatable bonds is 5. The Hall–Kier alpha value is -0.960. The Bertz CT molecular complexity index is 865. The Balaban J connectivity index is 1.62. The average Bonchev–Trinajstić information content (AvgIpc) is 3.33. The van der Waals surface area contributed by atoms with Crippen LogP contribution in [-0.2, 0) is 16.8 Å². The van der Waals surface area contributed by atoms with Crippen LogP contribution in [0.15, 0.2) is 18.5 Å². The van der Waals surface area contributed by atoms with Crippen LogP contribution >= 0.6 is 22.9 Å². The summed E-state index contributed by atoms with van der Waals surface area (Å²) < 4.78 is 9.11. The van der Waals surface area contributed by atoms with E-state index in [2.05, 4.69) is 23.4 Å². The molecule has 0 amide bonds. The third-order valence-electron chi connectivity index (χ3n) is 6.75. The second-order valence-corrected chi connectivity index (χ2v) is 10.6. The van der Waals surface area contributed by atoms with Gasteiger partial charge in [-0.25, -0.2) is 0 Å². The van der Waals surface area contributed by atoms with Crippen molar-refractivity contribution in [2.45, 2.75) is 63.8 Å². The summed E-state index contributed by atoms with van der Waals surface area (Å²) >= 11 is 8.00. The first kappa shape index (κ1) is 21.3. The fourth-order valence-electron chi connectivity index (χ4n) is 4.65. The Morgan fingerprint density at radius 2 is 2.21 bits per heavy atom. The van der Waals surface area contributed by atoms with Gasteiger partial charge in [0.2, 0.25) is 0 Å². The highest BCUT2D eigenvalue weighted by molar-refractivity contribution is 7.16. The van der Waals surface area contributed by atoms with Gasteiger partial charge in [-0.15, -0.1) is 11.3 Å². The maximum atomic E-state index is 9.73. The van der Waals surface area contributed by atoms with Gasteiger partial charge in [-0.3, -0.25) is 4.68 Å². The number of thiophene rings is 1. The Kier molecular flexibility index (Phi) is 5.83. The summed E-state index contributed by atoms with van der Waals surface area (Å²) in [6.07, 6.45) is 6.59. The van der Waals surface area contributed by atoms with Crippen molar-refractivity contribution in [1.82, 2.24) is 15.1 Å². The van der Waals surface area contributed by atoms with Crippen LogP contribution in [0, 0.1) is 5.41 Å². The standard InChI is InChI=1S/C21H30ClN3O3S/c1-13-7-21(19-15(4-5-28-21)6-18(22)29-19)8-17(24-13)16-9-23-25(10-16)14(2)20(3,11-26)12-27/h6,9-10,13-14,17,24,26-27H,4-5,7-8,11-12H2,1-3H3. The van der Waals surface area contributed by atoms with Crippen LogP contribution in [0.2, 0.25) is 4.34 Å². The monoisotopic (exact) mass is 439 g/mol. The van der Waals surface area contributed by atoms with E-state index in [0.29, 0.717) is 6.04 Å². The number of piperidine rings is 1. The number of aliphatic hydroxyl groups is 2. The molecule has 29 heavy (non-hydrogen) atoms. The van der Waals surface area contributed by atoms with E-state index >= 15 is 0 Å². The number of aromatic nitrogens is 2. The maximum Gasteiger partial charge on any atom is 0.106 e. The molecule has 2 aromatic heterocycles. The number of hydrogen-bond acceptors (Lipinski definition) is 6. The van der Waals surface area contributed by atoms with Crippen molar-refractivity contribution in [2.75, 3.05) is 19.8 Å². The fraction of sp³-hybridized carbons (Fsp3) is 0.667. The molecule has 160 valence electrons. The SMILES string of the molecule is CC1CC2(CC(c3cnn(C(C)C(C)(CO)CO)c3)N1)OCCc1cc(Cl)sc12. The average molecular weight is 440 g/mol. The topological polar surface area (TPSA) is 79.5 Å². The molecule has 4 unspecified atom stereocenters. The molecule has 0 aromatic carbocycles. The van der Waals surface area contributed by atoms with Gasteiger partial charge in [0.15, 0.2) is 0 Å². The number of halogens is 1. The molecule has 8 heteroatoms. The Labute approximate surface area is 180 Å². The van der Waals surface area contributed by atoms with Crippen molar-refractivity contribution in [3.05, 3.63) is 38.8 Å². The lowest BCUT2D eigenvalue weighted by molar-refractivity contribution is -0.0954. The molecule has 4 atom stereocenters. The van der Waals surface area contributed by atoms with E-state index in [1.807, 2.05) is 30.9 Å². The molecule has 1 spiro atoms. The van der Waals surface area contributed by atoms with Gasteiger partial charge >= 0.3 is 0 Å². The molecule has 3 N–H and O–H groups in total. The summed E-state index contributed by atoms with van der Waals surface area (Å²) in [6, 6.07) is 2.37. The van der Waals surface area contributed by atoms with Gasteiger partial charge in [0.25, 0.3) is 0 Å². The lowest BCUT2D eigenvalue weighted by Crippen LogP contribution is -2.49. The highest BCUT2D eigenvalue weighted by Crippen LogP contribution is 2.50. The van der Waals surface area contributed by atoms with Gasteiger partial charge in [0.1, 0.15) is 5.60 Å². The lowest BCUT2D eigenvalue weighted by Gasteiger charge is -2.46. The summed E-state index contributed by atoms with van der Waals surface area (Å²) in [7, 11) is 0. The van der Waals surface area contributed by atoms with Gasteiger partial charge in [-0.1, -0.05) is 18.5 Å². The Morgan fingerprint density at radius 1 is 1.45 bits per heavy atom. The van der Waals surface area contributed by atoms with E-state index in [4.69, 9.17) is 16.3 Å². The van der Waals surface area contributed by atoms with Crippen molar-refractivity contribution in [3.8, 4) is 0 Å². The molecule has 2 aliphatic rings. The lowest BCUT2D eigenvalue weighted by atomic mass is 9.78. The molecule has 1 saturated heterocycles. The van der Waals surface area contributed by atoms with Gasteiger partial charge in [-0.05, 0) is 38.3 Å². The first-order chi connectivity index (χ1) is 13.8. The van der Waals surface area contributed by atoms with Crippen molar-refractivity contribution in [1.29, 1.82) is 0 Å². The molecule has 0 radical (unpaired) electrons. The maximum absolute atomic E-state index is 9.73. The minimum atomic E-state index is -0.632. The molecule has 2 aromatic rings. The van der Waals surface area contributed by atoms with E-state index in [0.717, 1.165) is 35.8 Å². The van der Waals surface area contributed by atoms with E-state index in [9.17, 15) is 10.2 Å². The smallest absolute Gasteiger partial charge is 0.106 e. The predicted molar refractivity (Wildman–Crippen MR) is 114 cm³/mol. The van der Waals surface area contributed by atoms with Crippen molar-refractivity contribution >= 4 is 22.9 Å². The molecular formula is C21H30ClN3O3S. The molecule has 4 rings (SSSR count). The second-order valence-electron chi connectivity index (χ2n) is 8.93. The first-order valence-corrected chi connectivity index (χ1v) is 11.4. The third-order valence-corrected chi connectivity index (χ3v) is 8.24. The van der Waals surface area contributed by atoms with Crippen LogP contribution in [0.25, 0.3) is 0 Å². The normalized spacial score (nSPS) is 28.5. The largest absolute Gasteiger partial charge is 0.396 e. The minimum absolute atomic E-state index is 0.0998. The van der Waals surface area contributed by atoms with Crippen molar-refractivity contribution in [3.63, 3.8) is 0 Å². The quantitative estimate of drug-likeness (QED) is 0.665. The highest BCUT2D eigenvalue weighted by atomic mass is 35.5.